The molecule has 0 spiro atoms. The van der Waals surface area contributed by atoms with Crippen LogP contribution in [-0.2, 0) is 4.79 Å². The van der Waals surface area contributed by atoms with E-state index in [2.05, 4.69) is 9.98 Å². The molecule has 2 aliphatic heterocycles. The minimum Gasteiger partial charge on any atom is -0.288 e. The summed E-state index contributed by atoms with van der Waals surface area (Å²) < 4.78 is 0. The van der Waals surface area contributed by atoms with Gasteiger partial charge in [0.05, 0.1) is 18.0 Å². The second-order valence-electron chi connectivity index (χ2n) is 3.80. The van der Waals surface area contributed by atoms with Crippen molar-refractivity contribution >= 4 is 18.2 Å². The van der Waals surface area contributed by atoms with Gasteiger partial charge < -0.3 is 0 Å². The Morgan fingerprint density at radius 3 is 3.00 bits per heavy atom. The van der Waals surface area contributed by atoms with Gasteiger partial charge in [-0.25, -0.2) is 0 Å². The van der Waals surface area contributed by atoms with Crippen molar-refractivity contribution < 1.29 is 4.79 Å². The van der Waals surface area contributed by atoms with Crippen molar-refractivity contribution in [3.8, 4) is 0 Å². The second kappa shape index (κ2) is 2.37. The third kappa shape index (κ3) is 0.996. The Balaban J connectivity index is 2.01. The topological polar surface area (TPSA) is 41.8 Å². The SMILES string of the molecule is O=C1C=NC(C2CC2)C2=C1CC=N2. The summed E-state index contributed by atoms with van der Waals surface area (Å²) in [6.07, 6.45) is 6.50. The number of nitrogens with zero attached hydrogens (tertiary/aromatic N) is 2. The summed E-state index contributed by atoms with van der Waals surface area (Å²) >= 11 is 0. The summed E-state index contributed by atoms with van der Waals surface area (Å²) in [6.45, 7) is 0. The Morgan fingerprint density at radius 1 is 1.38 bits per heavy atom. The van der Waals surface area contributed by atoms with Gasteiger partial charge in [0.1, 0.15) is 0 Å². The molecule has 0 aromatic carbocycles. The number of dihydropyridines is 1. The van der Waals surface area contributed by atoms with E-state index in [0.29, 0.717) is 12.3 Å². The maximum absolute atomic E-state index is 11.4. The second-order valence-corrected chi connectivity index (χ2v) is 3.80. The van der Waals surface area contributed by atoms with Gasteiger partial charge in [-0.15, -0.1) is 0 Å². The molecule has 0 bridgehead atoms. The largest absolute Gasteiger partial charge is 0.288 e. The molecule has 1 unspecified atom stereocenters. The molecule has 3 heteroatoms. The summed E-state index contributed by atoms with van der Waals surface area (Å²) in [5.41, 5.74) is 1.84. The monoisotopic (exact) mass is 174 g/mol. The lowest BCUT2D eigenvalue weighted by atomic mass is 9.99. The average Bonchev–Trinajstić information content (AvgIpc) is 2.83. The fraction of sp³-hybridized carbons (Fsp3) is 0.500. The highest BCUT2D eigenvalue weighted by atomic mass is 16.1. The molecule has 3 nitrogen and oxygen atoms in total. The van der Waals surface area contributed by atoms with Gasteiger partial charge in [-0.3, -0.25) is 14.8 Å². The van der Waals surface area contributed by atoms with Crippen LogP contribution in [0.15, 0.2) is 21.3 Å². The van der Waals surface area contributed by atoms with Crippen molar-refractivity contribution in [1.82, 2.24) is 0 Å². The Bertz CT molecular complexity index is 361. The zero-order valence-electron chi connectivity index (χ0n) is 7.23. The van der Waals surface area contributed by atoms with E-state index in [4.69, 9.17) is 0 Å². The van der Waals surface area contributed by atoms with Crippen LogP contribution in [0.25, 0.3) is 0 Å². The third-order valence-corrected chi connectivity index (χ3v) is 2.83. The van der Waals surface area contributed by atoms with Crippen LogP contribution in [-0.4, -0.2) is 24.3 Å². The molecule has 0 aromatic heterocycles. The van der Waals surface area contributed by atoms with E-state index in [1.54, 1.807) is 0 Å². The summed E-state index contributed by atoms with van der Waals surface area (Å²) in [5.74, 6) is 0.717. The van der Waals surface area contributed by atoms with Crippen molar-refractivity contribution in [3.05, 3.63) is 11.3 Å². The third-order valence-electron chi connectivity index (χ3n) is 2.83. The van der Waals surface area contributed by atoms with E-state index in [1.165, 1.54) is 19.1 Å². The van der Waals surface area contributed by atoms with Gasteiger partial charge in [0.25, 0.3) is 0 Å². The summed E-state index contributed by atoms with van der Waals surface area (Å²) in [7, 11) is 0. The van der Waals surface area contributed by atoms with Crippen molar-refractivity contribution in [1.29, 1.82) is 0 Å². The van der Waals surface area contributed by atoms with E-state index in [1.807, 2.05) is 6.21 Å². The summed E-state index contributed by atoms with van der Waals surface area (Å²) in [6, 6.07) is 0.200. The zero-order valence-corrected chi connectivity index (χ0v) is 7.23. The highest BCUT2D eigenvalue weighted by Crippen LogP contribution is 2.41. The Kier molecular flexibility index (Phi) is 1.31. The molecule has 0 aromatic rings. The summed E-state index contributed by atoms with van der Waals surface area (Å²) in [5, 5.41) is 0. The lowest BCUT2D eigenvalue weighted by Crippen LogP contribution is -2.20. The molecule has 66 valence electrons. The minimum atomic E-state index is 0.0596. The standard InChI is InChI=1S/C10H10N2O/c13-8-5-12-9(6-1-2-6)10-7(8)3-4-11-10/h4-6,9H,1-3H2. The van der Waals surface area contributed by atoms with Crippen molar-refractivity contribution in [2.75, 3.05) is 0 Å². The molecule has 0 N–H and O–H groups in total. The Labute approximate surface area is 76.3 Å². The van der Waals surface area contributed by atoms with Gasteiger partial charge in [-0.1, -0.05) is 0 Å². The van der Waals surface area contributed by atoms with Crippen LogP contribution in [0.4, 0.5) is 0 Å². The first-order valence-electron chi connectivity index (χ1n) is 4.69. The van der Waals surface area contributed by atoms with Crippen LogP contribution < -0.4 is 0 Å². The molecule has 0 radical (unpaired) electrons. The van der Waals surface area contributed by atoms with Gasteiger partial charge >= 0.3 is 0 Å². The van der Waals surface area contributed by atoms with Gasteiger partial charge in [0.15, 0.2) is 0 Å². The van der Waals surface area contributed by atoms with E-state index in [-0.39, 0.29) is 11.8 Å². The fourth-order valence-electron chi connectivity index (χ4n) is 1.95. The average molecular weight is 174 g/mol. The van der Waals surface area contributed by atoms with Crippen LogP contribution in [0.2, 0.25) is 0 Å². The van der Waals surface area contributed by atoms with Crippen LogP contribution in [0, 0.1) is 5.92 Å². The molecule has 3 aliphatic rings. The normalized spacial score (nSPS) is 31.4. The van der Waals surface area contributed by atoms with Gasteiger partial charge in [-0.05, 0) is 18.8 Å². The Morgan fingerprint density at radius 2 is 2.23 bits per heavy atom. The molecule has 1 saturated carbocycles. The molecule has 0 amide bonds. The van der Waals surface area contributed by atoms with Crippen LogP contribution in [0.5, 0.6) is 0 Å². The molecule has 1 aliphatic carbocycles. The van der Waals surface area contributed by atoms with Crippen molar-refractivity contribution in [2.24, 2.45) is 15.9 Å². The predicted octanol–water partition coefficient (Wildman–Crippen LogP) is 1.15. The first-order valence-corrected chi connectivity index (χ1v) is 4.69. The van der Waals surface area contributed by atoms with Gasteiger partial charge in [0.2, 0.25) is 5.78 Å². The Hall–Kier alpha value is -1.25. The van der Waals surface area contributed by atoms with E-state index in [0.717, 1.165) is 11.3 Å². The molecule has 3 rings (SSSR count). The van der Waals surface area contributed by atoms with Crippen molar-refractivity contribution in [2.45, 2.75) is 25.3 Å². The smallest absolute Gasteiger partial charge is 0.201 e. The fourth-order valence-corrected chi connectivity index (χ4v) is 1.95. The van der Waals surface area contributed by atoms with Crippen molar-refractivity contribution in [3.63, 3.8) is 0 Å². The van der Waals surface area contributed by atoms with E-state index in [9.17, 15) is 4.79 Å². The van der Waals surface area contributed by atoms with Crippen LogP contribution in [0.1, 0.15) is 19.3 Å². The number of aliphatic imine (C=N–C) groups is 2. The van der Waals surface area contributed by atoms with E-state index >= 15 is 0 Å². The molecule has 0 saturated heterocycles. The van der Waals surface area contributed by atoms with Crippen LogP contribution in [0.3, 0.4) is 0 Å². The number of carbonyl (C=O) groups is 1. The van der Waals surface area contributed by atoms with E-state index < -0.39 is 0 Å². The lowest BCUT2D eigenvalue weighted by Gasteiger charge is -2.15. The lowest BCUT2D eigenvalue weighted by molar-refractivity contribution is -0.109. The van der Waals surface area contributed by atoms with Gasteiger partial charge in [-0.2, -0.15) is 0 Å². The maximum atomic E-state index is 11.4. The molecule has 1 atom stereocenters. The molecule has 2 heterocycles. The highest BCUT2D eigenvalue weighted by Gasteiger charge is 2.38. The number of allylic oxidation sites excluding steroid dienone is 1. The number of hydrogen-bond acceptors (Lipinski definition) is 3. The number of rotatable bonds is 1. The molecular formula is C10H10N2O. The number of Topliss-reactive ketones (excluding diaryl/α,β-unsaturated/α-hetero) is 1. The first kappa shape index (κ1) is 7.18. The zero-order chi connectivity index (χ0) is 8.84. The van der Waals surface area contributed by atoms with Gasteiger partial charge in [0, 0.05) is 18.2 Å². The predicted molar refractivity (Wildman–Crippen MR) is 50.1 cm³/mol. The molecular weight excluding hydrogens is 164 g/mol. The number of carbonyl (C=O) groups excluding carboxylic acids is 1. The number of ketones is 1. The van der Waals surface area contributed by atoms with Crippen LogP contribution >= 0.6 is 0 Å². The summed E-state index contributed by atoms with van der Waals surface area (Å²) in [4.78, 5) is 19.9. The highest BCUT2D eigenvalue weighted by molar-refractivity contribution is 6.37. The number of hydrogen-bond donors (Lipinski definition) is 0. The maximum Gasteiger partial charge on any atom is 0.201 e. The minimum absolute atomic E-state index is 0.0596. The molecule has 13 heavy (non-hydrogen) atoms. The molecule has 1 fully saturated rings. The quantitative estimate of drug-likeness (QED) is 0.587. The first-order chi connectivity index (χ1) is 6.36.